The molecule has 0 radical (unpaired) electrons. The number of hydrogen-bond acceptors (Lipinski definition) is 5. The fourth-order valence-electron chi connectivity index (χ4n) is 2.86. The number of pyridine rings is 1. The van der Waals surface area contributed by atoms with Crippen molar-refractivity contribution in [2.45, 2.75) is 19.8 Å². The highest BCUT2D eigenvalue weighted by Gasteiger charge is 2.18. The Hall–Kier alpha value is -2.96. The average molecular weight is 326 g/mol. The normalized spacial score (nSPS) is 13.8. The number of rotatable bonds is 4. The predicted molar refractivity (Wildman–Crippen MR) is 91.5 cm³/mol. The molecule has 1 amide bonds. The van der Waals surface area contributed by atoms with Crippen molar-refractivity contribution in [2.75, 3.05) is 23.3 Å². The number of carbonyl (C=O) groups is 1. The van der Waals surface area contributed by atoms with Crippen molar-refractivity contribution in [1.82, 2.24) is 4.98 Å². The first-order valence-electron chi connectivity index (χ1n) is 7.82. The summed E-state index contributed by atoms with van der Waals surface area (Å²) in [6.45, 7) is 3.58. The number of anilines is 2. The van der Waals surface area contributed by atoms with Crippen LogP contribution in [-0.4, -0.2) is 28.9 Å². The molecule has 0 atom stereocenters. The molecule has 1 aromatic heterocycles. The Bertz CT molecular complexity index is 768. The zero-order chi connectivity index (χ0) is 17.1. The lowest BCUT2D eigenvalue weighted by atomic mass is 10.1. The summed E-state index contributed by atoms with van der Waals surface area (Å²) in [6, 6.07) is 8.14. The number of hydrogen-bond donors (Lipinski definition) is 1. The number of aromatic nitrogens is 1. The van der Waals surface area contributed by atoms with Gasteiger partial charge in [0.25, 0.3) is 11.6 Å². The topological polar surface area (TPSA) is 88.4 Å². The Balaban J connectivity index is 1.75. The molecule has 2 aromatic rings. The van der Waals surface area contributed by atoms with Crippen LogP contribution in [0.15, 0.2) is 36.5 Å². The molecule has 1 aliphatic rings. The highest BCUT2D eigenvalue weighted by atomic mass is 16.6. The summed E-state index contributed by atoms with van der Waals surface area (Å²) in [6.07, 6.45) is 3.96. The summed E-state index contributed by atoms with van der Waals surface area (Å²) in [5.41, 5.74) is 1.13. The summed E-state index contributed by atoms with van der Waals surface area (Å²) in [5, 5.41) is 13.7. The van der Waals surface area contributed by atoms with Crippen molar-refractivity contribution < 1.29 is 9.72 Å². The minimum Gasteiger partial charge on any atom is -0.357 e. The van der Waals surface area contributed by atoms with E-state index >= 15 is 0 Å². The number of amides is 1. The standard InChI is InChI=1S/C17H18N4O3/c1-12-14(5-4-6-15(12)21(23)24)17(22)19-13-7-8-16(18-11-13)20-9-2-3-10-20/h4-8,11H,2-3,9-10H2,1H3,(H,19,22). The van der Waals surface area contributed by atoms with Crippen molar-refractivity contribution in [3.05, 3.63) is 57.8 Å². The van der Waals surface area contributed by atoms with E-state index in [1.54, 1.807) is 25.3 Å². The van der Waals surface area contributed by atoms with Gasteiger partial charge >= 0.3 is 0 Å². The third-order valence-electron chi connectivity index (χ3n) is 4.18. The lowest BCUT2D eigenvalue weighted by molar-refractivity contribution is -0.385. The van der Waals surface area contributed by atoms with Crippen LogP contribution in [0, 0.1) is 17.0 Å². The van der Waals surface area contributed by atoms with Crippen LogP contribution in [0.1, 0.15) is 28.8 Å². The summed E-state index contributed by atoms with van der Waals surface area (Å²) in [5.74, 6) is 0.518. The van der Waals surface area contributed by atoms with E-state index in [1.807, 2.05) is 6.07 Å². The van der Waals surface area contributed by atoms with E-state index in [0.29, 0.717) is 11.3 Å². The van der Waals surface area contributed by atoms with Crippen LogP contribution in [0.4, 0.5) is 17.2 Å². The number of nitro groups is 1. The lowest BCUT2D eigenvalue weighted by Gasteiger charge is -2.16. The Labute approximate surface area is 139 Å². The fourth-order valence-corrected chi connectivity index (χ4v) is 2.86. The highest BCUT2D eigenvalue weighted by Crippen LogP contribution is 2.23. The number of nitrogens with one attached hydrogen (secondary N) is 1. The predicted octanol–water partition coefficient (Wildman–Crippen LogP) is 3.15. The monoisotopic (exact) mass is 326 g/mol. The van der Waals surface area contributed by atoms with Gasteiger partial charge < -0.3 is 10.2 Å². The molecule has 7 nitrogen and oxygen atoms in total. The van der Waals surface area contributed by atoms with E-state index in [4.69, 9.17) is 0 Å². The fraction of sp³-hybridized carbons (Fsp3) is 0.294. The van der Waals surface area contributed by atoms with Crippen molar-refractivity contribution in [3.63, 3.8) is 0 Å². The first-order valence-corrected chi connectivity index (χ1v) is 7.82. The second-order valence-electron chi connectivity index (χ2n) is 5.76. The second kappa shape index (κ2) is 6.66. The molecule has 0 bridgehead atoms. The smallest absolute Gasteiger partial charge is 0.273 e. The minimum atomic E-state index is -0.488. The highest BCUT2D eigenvalue weighted by molar-refractivity contribution is 6.05. The van der Waals surface area contributed by atoms with Crippen LogP contribution < -0.4 is 10.2 Å². The Morgan fingerprint density at radius 1 is 1.25 bits per heavy atom. The molecule has 0 saturated carbocycles. The van der Waals surface area contributed by atoms with Gasteiger partial charge in [0.15, 0.2) is 0 Å². The van der Waals surface area contributed by atoms with Crippen molar-refractivity contribution in [3.8, 4) is 0 Å². The molecule has 1 saturated heterocycles. The lowest BCUT2D eigenvalue weighted by Crippen LogP contribution is -2.19. The number of nitro benzene ring substituents is 1. The van der Waals surface area contributed by atoms with Gasteiger partial charge in [-0.15, -0.1) is 0 Å². The van der Waals surface area contributed by atoms with Crippen LogP contribution in [0.2, 0.25) is 0 Å². The third-order valence-corrected chi connectivity index (χ3v) is 4.18. The van der Waals surface area contributed by atoms with Crippen LogP contribution in [0.5, 0.6) is 0 Å². The zero-order valence-corrected chi connectivity index (χ0v) is 13.4. The molecule has 124 valence electrons. The third kappa shape index (κ3) is 3.19. The molecular weight excluding hydrogens is 308 g/mol. The molecule has 2 heterocycles. The van der Waals surface area contributed by atoms with Gasteiger partial charge in [-0.2, -0.15) is 0 Å². The molecule has 0 aliphatic carbocycles. The van der Waals surface area contributed by atoms with Crippen LogP contribution in [0.3, 0.4) is 0 Å². The molecule has 0 unspecified atom stereocenters. The van der Waals surface area contributed by atoms with E-state index in [9.17, 15) is 14.9 Å². The SMILES string of the molecule is Cc1c(C(=O)Nc2ccc(N3CCCC3)nc2)cccc1[N+](=O)[O-]. The second-order valence-corrected chi connectivity index (χ2v) is 5.76. The van der Waals surface area contributed by atoms with Crippen LogP contribution in [0.25, 0.3) is 0 Å². The molecule has 0 spiro atoms. The van der Waals surface area contributed by atoms with Crippen molar-refractivity contribution in [2.24, 2.45) is 0 Å². The number of benzene rings is 1. The minimum absolute atomic E-state index is 0.0647. The molecule has 1 aromatic carbocycles. The van der Waals surface area contributed by atoms with Crippen LogP contribution >= 0.6 is 0 Å². The largest absolute Gasteiger partial charge is 0.357 e. The maximum atomic E-state index is 12.4. The Morgan fingerprint density at radius 3 is 2.62 bits per heavy atom. The quantitative estimate of drug-likeness (QED) is 0.689. The first kappa shape index (κ1) is 15.9. The van der Waals surface area contributed by atoms with Gasteiger partial charge in [0.2, 0.25) is 0 Å². The maximum Gasteiger partial charge on any atom is 0.273 e. The molecule has 1 fully saturated rings. The Kier molecular flexibility index (Phi) is 4.41. The summed E-state index contributed by atoms with van der Waals surface area (Å²) in [7, 11) is 0. The van der Waals surface area contributed by atoms with Gasteiger partial charge in [-0.25, -0.2) is 4.98 Å². The van der Waals surface area contributed by atoms with Crippen LogP contribution in [-0.2, 0) is 0 Å². The zero-order valence-electron chi connectivity index (χ0n) is 13.4. The molecule has 3 rings (SSSR count). The van der Waals surface area contributed by atoms with Crippen molar-refractivity contribution >= 4 is 23.1 Å². The van der Waals surface area contributed by atoms with E-state index in [-0.39, 0.29) is 17.2 Å². The first-order chi connectivity index (χ1) is 11.6. The summed E-state index contributed by atoms with van der Waals surface area (Å²) < 4.78 is 0. The molecule has 7 heteroatoms. The van der Waals surface area contributed by atoms with E-state index in [1.165, 1.54) is 25.0 Å². The van der Waals surface area contributed by atoms with Gasteiger partial charge in [-0.1, -0.05) is 6.07 Å². The summed E-state index contributed by atoms with van der Waals surface area (Å²) >= 11 is 0. The van der Waals surface area contributed by atoms with E-state index in [2.05, 4.69) is 15.2 Å². The molecular formula is C17H18N4O3. The molecule has 1 N–H and O–H groups in total. The average Bonchev–Trinajstić information content (AvgIpc) is 3.10. The van der Waals surface area contributed by atoms with Crippen molar-refractivity contribution in [1.29, 1.82) is 0 Å². The Morgan fingerprint density at radius 2 is 2.00 bits per heavy atom. The van der Waals surface area contributed by atoms with Gasteiger partial charge in [-0.3, -0.25) is 14.9 Å². The molecule has 24 heavy (non-hydrogen) atoms. The number of carbonyl (C=O) groups excluding carboxylic acids is 1. The maximum absolute atomic E-state index is 12.4. The van der Waals surface area contributed by atoms with E-state index < -0.39 is 4.92 Å². The van der Waals surface area contributed by atoms with Gasteiger partial charge in [0.1, 0.15) is 5.82 Å². The molecule has 1 aliphatic heterocycles. The number of nitrogens with zero attached hydrogens (tertiary/aromatic N) is 3. The van der Waals surface area contributed by atoms with Gasteiger partial charge in [0, 0.05) is 30.3 Å². The summed E-state index contributed by atoms with van der Waals surface area (Å²) in [4.78, 5) is 29.5. The van der Waals surface area contributed by atoms with Gasteiger partial charge in [-0.05, 0) is 38.0 Å². The van der Waals surface area contributed by atoms with E-state index in [0.717, 1.165) is 18.9 Å². The van der Waals surface area contributed by atoms with Gasteiger partial charge in [0.05, 0.1) is 16.8 Å².